The van der Waals surface area contributed by atoms with Gasteiger partial charge in [-0.05, 0) is 37.0 Å². The second-order valence-electron chi connectivity index (χ2n) is 3.94. The van der Waals surface area contributed by atoms with E-state index in [-0.39, 0.29) is 0 Å². The van der Waals surface area contributed by atoms with Crippen LogP contribution in [0.25, 0.3) is 11.0 Å². The second-order valence-corrected chi connectivity index (χ2v) is 4.92. The first kappa shape index (κ1) is 11.6. The molecule has 1 aromatic heterocycles. The first-order chi connectivity index (χ1) is 7.72. The Morgan fingerprint density at radius 2 is 2.25 bits per heavy atom. The van der Waals surface area contributed by atoms with Crippen molar-refractivity contribution in [3.05, 3.63) is 35.6 Å². The van der Waals surface area contributed by atoms with Crippen molar-refractivity contribution in [2.45, 2.75) is 19.4 Å². The molecule has 0 amide bonds. The van der Waals surface area contributed by atoms with Gasteiger partial charge in [-0.3, -0.25) is 0 Å². The molecule has 0 aliphatic rings. The van der Waals surface area contributed by atoms with Crippen LogP contribution in [0, 0.1) is 6.92 Å². The Balaban J connectivity index is 2.29. The standard InChI is InChI=1S/C13H16O2S/c1-9-4-3-5-10-8-12(15-13(9)10)11(14)6-7-16-2/h3-5,8,11,14H,6-7H2,1-2H3. The SMILES string of the molecule is CSCCC(O)c1cc2cccc(C)c2o1. The highest BCUT2D eigenvalue weighted by Crippen LogP contribution is 2.28. The van der Waals surface area contributed by atoms with Crippen LogP contribution in [0.3, 0.4) is 0 Å². The molecular formula is C13H16O2S. The van der Waals surface area contributed by atoms with Crippen molar-refractivity contribution in [2.75, 3.05) is 12.0 Å². The number of benzene rings is 1. The van der Waals surface area contributed by atoms with Gasteiger partial charge in [0.25, 0.3) is 0 Å². The van der Waals surface area contributed by atoms with E-state index in [1.807, 2.05) is 37.4 Å². The first-order valence-electron chi connectivity index (χ1n) is 5.38. The van der Waals surface area contributed by atoms with Gasteiger partial charge in [0.2, 0.25) is 0 Å². The molecule has 0 aliphatic heterocycles. The van der Waals surface area contributed by atoms with Crippen molar-refractivity contribution >= 4 is 22.7 Å². The molecule has 2 nitrogen and oxygen atoms in total. The Labute approximate surface area is 99.6 Å². The van der Waals surface area contributed by atoms with Gasteiger partial charge < -0.3 is 9.52 Å². The third-order valence-electron chi connectivity index (χ3n) is 2.68. The van der Waals surface area contributed by atoms with Crippen LogP contribution in [0.5, 0.6) is 0 Å². The molecule has 0 aliphatic carbocycles. The minimum atomic E-state index is -0.487. The molecule has 2 rings (SSSR count). The molecule has 0 saturated carbocycles. The van der Waals surface area contributed by atoms with E-state index in [9.17, 15) is 5.11 Å². The van der Waals surface area contributed by atoms with Gasteiger partial charge in [-0.15, -0.1) is 0 Å². The fraction of sp³-hybridized carbons (Fsp3) is 0.385. The molecule has 16 heavy (non-hydrogen) atoms. The maximum absolute atomic E-state index is 9.94. The Kier molecular flexibility index (Phi) is 3.56. The zero-order valence-corrected chi connectivity index (χ0v) is 10.4. The summed E-state index contributed by atoms with van der Waals surface area (Å²) in [4.78, 5) is 0. The number of rotatable bonds is 4. The van der Waals surface area contributed by atoms with Gasteiger partial charge in [0.15, 0.2) is 0 Å². The Morgan fingerprint density at radius 1 is 1.44 bits per heavy atom. The molecule has 2 aromatic rings. The van der Waals surface area contributed by atoms with Crippen LogP contribution in [0.1, 0.15) is 23.8 Å². The Bertz CT molecular complexity index is 476. The highest BCUT2D eigenvalue weighted by Gasteiger charge is 2.13. The van der Waals surface area contributed by atoms with Crippen LogP contribution < -0.4 is 0 Å². The van der Waals surface area contributed by atoms with Gasteiger partial charge >= 0.3 is 0 Å². The monoisotopic (exact) mass is 236 g/mol. The van der Waals surface area contributed by atoms with Crippen LogP contribution in [-0.2, 0) is 0 Å². The average molecular weight is 236 g/mol. The quantitative estimate of drug-likeness (QED) is 0.881. The normalized spacial score (nSPS) is 13.2. The molecule has 0 spiro atoms. The lowest BCUT2D eigenvalue weighted by molar-refractivity contribution is 0.149. The average Bonchev–Trinajstić information content (AvgIpc) is 2.71. The minimum Gasteiger partial charge on any atom is -0.458 e. The van der Waals surface area contributed by atoms with Crippen LogP contribution >= 0.6 is 11.8 Å². The van der Waals surface area contributed by atoms with Crippen LogP contribution in [-0.4, -0.2) is 17.1 Å². The maximum atomic E-state index is 9.94. The predicted octanol–water partition coefficient (Wildman–Crippen LogP) is 3.53. The highest BCUT2D eigenvalue weighted by atomic mass is 32.2. The van der Waals surface area contributed by atoms with E-state index >= 15 is 0 Å². The predicted molar refractivity (Wildman–Crippen MR) is 68.9 cm³/mol. The largest absolute Gasteiger partial charge is 0.458 e. The van der Waals surface area contributed by atoms with Gasteiger partial charge in [-0.25, -0.2) is 0 Å². The lowest BCUT2D eigenvalue weighted by Gasteiger charge is -2.05. The Morgan fingerprint density at radius 3 is 2.94 bits per heavy atom. The summed E-state index contributed by atoms with van der Waals surface area (Å²) in [7, 11) is 0. The van der Waals surface area contributed by atoms with Crippen molar-refractivity contribution < 1.29 is 9.52 Å². The molecule has 0 radical (unpaired) electrons. The summed E-state index contributed by atoms with van der Waals surface area (Å²) in [6.45, 7) is 2.02. The molecule has 1 aromatic carbocycles. The summed E-state index contributed by atoms with van der Waals surface area (Å²) in [6.07, 6.45) is 2.29. The maximum Gasteiger partial charge on any atom is 0.137 e. The zero-order chi connectivity index (χ0) is 11.5. The lowest BCUT2D eigenvalue weighted by Crippen LogP contribution is -1.96. The summed E-state index contributed by atoms with van der Waals surface area (Å²) in [5.74, 6) is 1.62. The van der Waals surface area contributed by atoms with E-state index in [1.54, 1.807) is 11.8 Å². The van der Waals surface area contributed by atoms with Crippen molar-refractivity contribution in [2.24, 2.45) is 0 Å². The van der Waals surface area contributed by atoms with Gasteiger partial charge in [-0.2, -0.15) is 11.8 Å². The summed E-state index contributed by atoms with van der Waals surface area (Å²) in [5.41, 5.74) is 2.00. The van der Waals surface area contributed by atoms with Crippen molar-refractivity contribution in [3.63, 3.8) is 0 Å². The molecule has 1 unspecified atom stereocenters. The number of aliphatic hydroxyl groups is 1. The van der Waals surface area contributed by atoms with E-state index in [4.69, 9.17) is 4.42 Å². The summed E-state index contributed by atoms with van der Waals surface area (Å²) in [5, 5.41) is 11.0. The van der Waals surface area contributed by atoms with Gasteiger partial charge in [0.05, 0.1) is 0 Å². The van der Waals surface area contributed by atoms with Crippen LogP contribution in [0.15, 0.2) is 28.7 Å². The smallest absolute Gasteiger partial charge is 0.137 e. The zero-order valence-electron chi connectivity index (χ0n) is 9.56. The van der Waals surface area contributed by atoms with Crippen molar-refractivity contribution in [1.29, 1.82) is 0 Å². The molecule has 0 fully saturated rings. The topological polar surface area (TPSA) is 33.4 Å². The number of furan rings is 1. The third-order valence-corrected chi connectivity index (χ3v) is 3.33. The van der Waals surface area contributed by atoms with Gasteiger partial charge in [0, 0.05) is 5.39 Å². The van der Waals surface area contributed by atoms with E-state index < -0.39 is 6.10 Å². The van der Waals surface area contributed by atoms with E-state index in [0.29, 0.717) is 5.76 Å². The molecular weight excluding hydrogens is 220 g/mol. The number of hydrogen-bond donors (Lipinski definition) is 1. The lowest BCUT2D eigenvalue weighted by atomic mass is 10.1. The summed E-state index contributed by atoms with van der Waals surface area (Å²) >= 11 is 1.73. The van der Waals surface area contributed by atoms with Crippen LogP contribution in [0.4, 0.5) is 0 Å². The molecule has 86 valence electrons. The van der Waals surface area contributed by atoms with Crippen molar-refractivity contribution in [1.82, 2.24) is 0 Å². The minimum absolute atomic E-state index is 0.487. The molecule has 0 bridgehead atoms. The highest BCUT2D eigenvalue weighted by molar-refractivity contribution is 7.98. The fourth-order valence-electron chi connectivity index (χ4n) is 1.76. The number of aryl methyl sites for hydroxylation is 1. The summed E-state index contributed by atoms with van der Waals surface area (Å²) < 4.78 is 5.70. The van der Waals surface area contributed by atoms with Crippen molar-refractivity contribution in [3.8, 4) is 0 Å². The number of hydrogen-bond acceptors (Lipinski definition) is 3. The van der Waals surface area contributed by atoms with E-state index in [1.165, 1.54) is 0 Å². The van der Waals surface area contributed by atoms with Gasteiger partial charge in [0.1, 0.15) is 17.4 Å². The molecule has 3 heteroatoms. The molecule has 1 atom stereocenters. The third kappa shape index (κ3) is 2.25. The Hall–Kier alpha value is -0.930. The number of thioether (sulfide) groups is 1. The number of fused-ring (bicyclic) bond motifs is 1. The first-order valence-corrected chi connectivity index (χ1v) is 6.78. The van der Waals surface area contributed by atoms with Gasteiger partial charge in [-0.1, -0.05) is 18.2 Å². The molecule has 1 N–H and O–H groups in total. The summed E-state index contributed by atoms with van der Waals surface area (Å²) in [6, 6.07) is 7.97. The van der Waals surface area contributed by atoms with E-state index in [0.717, 1.165) is 28.7 Å². The second kappa shape index (κ2) is 4.93. The number of para-hydroxylation sites is 1. The molecule has 1 heterocycles. The molecule has 0 saturated heterocycles. The van der Waals surface area contributed by atoms with E-state index in [2.05, 4.69) is 0 Å². The fourth-order valence-corrected chi connectivity index (χ4v) is 2.22. The number of aliphatic hydroxyl groups excluding tert-OH is 1. The van der Waals surface area contributed by atoms with Crippen LogP contribution in [0.2, 0.25) is 0 Å².